The van der Waals surface area contributed by atoms with Gasteiger partial charge in [0.15, 0.2) is 0 Å². The van der Waals surface area contributed by atoms with E-state index in [0.717, 1.165) is 11.1 Å². The Bertz CT molecular complexity index is 1280. The molecule has 0 aliphatic rings. The van der Waals surface area contributed by atoms with Crippen molar-refractivity contribution in [2.24, 2.45) is 12.2 Å². The average Bonchev–Trinajstić information content (AvgIpc) is 3.26. The molecule has 0 amide bonds. The molecule has 3 N–H and O–H groups in total. The highest BCUT2D eigenvalue weighted by molar-refractivity contribution is 7.89. The lowest BCUT2D eigenvalue weighted by molar-refractivity contribution is 0.329. The predicted molar refractivity (Wildman–Crippen MR) is 104 cm³/mol. The van der Waals surface area contributed by atoms with Gasteiger partial charge >= 0.3 is 0 Å². The number of primary sulfonamides is 1. The number of nitrogens with one attached hydrogen (secondary N) is 1. The molecule has 3 aromatic heterocycles. The van der Waals surface area contributed by atoms with Crippen LogP contribution in [0, 0.1) is 0 Å². The number of fused-ring (bicyclic) bond motifs is 1. The highest BCUT2D eigenvalue weighted by Crippen LogP contribution is 2.34. The largest absolute Gasteiger partial charge is 0.478 e. The Morgan fingerprint density at radius 1 is 1.25 bits per heavy atom. The van der Waals surface area contributed by atoms with Crippen LogP contribution in [0.2, 0.25) is 0 Å². The lowest BCUT2D eigenvalue weighted by Gasteiger charge is -2.08. The van der Waals surface area contributed by atoms with E-state index in [4.69, 9.17) is 9.88 Å². The first kappa shape index (κ1) is 18.1. The minimum Gasteiger partial charge on any atom is -0.478 e. The molecule has 1 aromatic carbocycles. The number of nitrogens with zero attached hydrogens (tertiary/aromatic N) is 4. The van der Waals surface area contributed by atoms with Crippen LogP contribution in [0.5, 0.6) is 5.88 Å². The Kier molecular flexibility index (Phi) is 4.36. The van der Waals surface area contributed by atoms with Gasteiger partial charge in [-0.15, -0.1) is 0 Å². The second kappa shape index (κ2) is 6.73. The Morgan fingerprint density at radius 3 is 2.75 bits per heavy atom. The maximum Gasteiger partial charge on any atom is 0.238 e. The van der Waals surface area contributed by atoms with Gasteiger partial charge in [0.2, 0.25) is 15.9 Å². The molecular formula is C18H18N6O3S. The number of benzene rings is 1. The van der Waals surface area contributed by atoms with Gasteiger partial charge in [-0.1, -0.05) is 12.1 Å². The van der Waals surface area contributed by atoms with E-state index in [-0.39, 0.29) is 4.90 Å². The van der Waals surface area contributed by atoms with Crippen molar-refractivity contribution >= 4 is 21.1 Å². The number of pyridine rings is 1. The van der Waals surface area contributed by atoms with Crippen LogP contribution < -0.4 is 9.88 Å². The van der Waals surface area contributed by atoms with Crippen molar-refractivity contribution in [2.45, 2.75) is 11.8 Å². The summed E-state index contributed by atoms with van der Waals surface area (Å²) in [6, 6.07) is 8.17. The number of H-pyrrole nitrogens is 1. The first-order chi connectivity index (χ1) is 13.4. The third-order valence-corrected chi connectivity index (χ3v) is 5.14. The highest BCUT2D eigenvalue weighted by atomic mass is 32.2. The van der Waals surface area contributed by atoms with Gasteiger partial charge in [0.1, 0.15) is 11.2 Å². The molecule has 3 heterocycles. The van der Waals surface area contributed by atoms with Crippen LogP contribution >= 0.6 is 0 Å². The molecule has 0 unspecified atom stereocenters. The Morgan fingerprint density at radius 2 is 2.07 bits per heavy atom. The summed E-state index contributed by atoms with van der Waals surface area (Å²) in [4.78, 5) is 4.66. The third kappa shape index (κ3) is 3.23. The standard InChI is InChI=1S/C18H18N6O3S/c1-3-27-18-14(12-9-20-24(2)10-12)8-15-17(21-18)16(23-22-15)11-5-4-6-13(7-11)28(19,25)26/h4-10H,3H2,1-2H3,(H,22,23)(H2,19,25,26). The van der Waals surface area contributed by atoms with Crippen LogP contribution in [0.1, 0.15) is 6.92 Å². The van der Waals surface area contributed by atoms with E-state index in [2.05, 4.69) is 20.3 Å². The van der Waals surface area contributed by atoms with Gasteiger partial charge in [0.05, 0.1) is 23.2 Å². The average molecular weight is 398 g/mol. The summed E-state index contributed by atoms with van der Waals surface area (Å²) >= 11 is 0. The van der Waals surface area contributed by atoms with E-state index < -0.39 is 10.0 Å². The fraction of sp³-hybridized carbons (Fsp3) is 0.167. The second-order valence-electron chi connectivity index (χ2n) is 6.22. The molecule has 0 atom stereocenters. The second-order valence-corrected chi connectivity index (χ2v) is 7.78. The summed E-state index contributed by atoms with van der Waals surface area (Å²) in [6.45, 7) is 2.32. The van der Waals surface area contributed by atoms with Crippen molar-refractivity contribution in [2.75, 3.05) is 6.61 Å². The zero-order chi connectivity index (χ0) is 19.9. The zero-order valence-corrected chi connectivity index (χ0v) is 16.1. The van der Waals surface area contributed by atoms with Crippen LogP contribution in [0.3, 0.4) is 0 Å². The lowest BCUT2D eigenvalue weighted by Crippen LogP contribution is -2.11. The maximum atomic E-state index is 11.7. The van der Waals surface area contributed by atoms with Gasteiger partial charge in [-0.2, -0.15) is 10.2 Å². The van der Waals surface area contributed by atoms with Crippen molar-refractivity contribution < 1.29 is 13.2 Å². The summed E-state index contributed by atoms with van der Waals surface area (Å²) in [5, 5.41) is 16.7. The number of aryl methyl sites for hydroxylation is 1. The van der Waals surface area contributed by atoms with Crippen LogP contribution in [-0.4, -0.2) is 40.0 Å². The van der Waals surface area contributed by atoms with Gasteiger partial charge < -0.3 is 4.74 Å². The molecule has 9 nitrogen and oxygen atoms in total. The van der Waals surface area contributed by atoms with E-state index in [1.807, 2.05) is 26.2 Å². The van der Waals surface area contributed by atoms with Crippen LogP contribution in [0.4, 0.5) is 0 Å². The van der Waals surface area contributed by atoms with Crippen LogP contribution in [0.25, 0.3) is 33.4 Å². The van der Waals surface area contributed by atoms with Gasteiger partial charge in [-0.25, -0.2) is 18.5 Å². The van der Waals surface area contributed by atoms with Gasteiger partial charge in [0.25, 0.3) is 0 Å². The van der Waals surface area contributed by atoms with Gasteiger partial charge in [-0.05, 0) is 25.1 Å². The zero-order valence-electron chi connectivity index (χ0n) is 15.2. The molecule has 4 rings (SSSR count). The summed E-state index contributed by atoms with van der Waals surface area (Å²) in [5.74, 6) is 0.452. The topological polar surface area (TPSA) is 129 Å². The van der Waals surface area contributed by atoms with Crippen molar-refractivity contribution in [3.05, 3.63) is 42.7 Å². The first-order valence-electron chi connectivity index (χ1n) is 8.51. The summed E-state index contributed by atoms with van der Waals surface area (Å²) in [7, 11) is -1.98. The monoisotopic (exact) mass is 398 g/mol. The number of hydrogen-bond donors (Lipinski definition) is 2. The van der Waals surface area contributed by atoms with Gasteiger partial charge in [0, 0.05) is 29.9 Å². The minimum atomic E-state index is -3.82. The summed E-state index contributed by atoms with van der Waals surface area (Å²) in [6.07, 6.45) is 3.61. The van der Waals surface area contributed by atoms with E-state index in [0.29, 0.717) is 34.8 Å². The van der Waals surface area contributed by atoms with E-state index >= 15 is 0 Å². The molecule has 0 saturated heterocycles. The SMILES string of the molecule is CCOc1nc2c(-c3cccc(S(N)(=O)=O)c3)n[nH]c2cc1-c1cnn(C)c1. The normalized spacial score (nSPS) is 11.8. The number of sulfonamides is 1. The number of rotatable bonds is 5. The quantitative estimate of drug-likeness (QED) is 0.529. The fourth-order valence-electron chi connectivity index (χ4n) is 2.97. The predicted octanol–water partition coefficient (Wildman–Crippen LogP) is 2.07. The maximum absolute atomic E-state index is 11.7. The fourth-order valence-corrected chi connectivity index (χ4v) is 3.53. The van der Waals surface area contributed by atoms with Crippen LogP contribution in [0.15, 0.2) is 47.6 Å². The van der Waals surface area contributed by atoms with Crippen molar-refractivity contribution in [3.63, 3.8) is 0 Å². The Hall–Kier alpha value is -3.24. The van der Waals surface area contributed by atoms with Gasteiger partial charge in [-0.3, -0.25) is 9.78 Å². The van der Waals surface area contributed by atoms with Crippen molar-refractivity contribution in [1.82, 2.24) is 25.0 Å². The lowest BCUT2D eigenvalue weighted by atomic mass is 10.1. The van der Waals surface area contributed by atoms with E-state index in [1.54, 1.807) is 23.0 Å². The molecule has 0 saturated carbocycles. The molecule has 0 aliphatic carbocycles. The van der Waals surface area contributed by atoms with E-state index in [1.165, 1.54) is 12.1 Å². The summed E-state index contributed by atoms with van der Waals surface area (Å²) < 4.78 is 30.8. The molecular weight excluding hydrogens is 380 g/mol. The molecule has 0 radical (unpaired) electrons. The number of hydrogen-bond acceptors (Lipinski definition) is 6. The summed E-state index contributed by atoms with van der Waals surface area (Å²) in [5.41, 5.74) is 4.02. The Balaban J connectivity index is 1.90. The minimum absolute atomic E-state index is 0.0122. The molecule has 144 valence electrons. The molecule has 0 bridgehead atoms. The first-order valence-corrected chi connectivity index (χ1v) is 10.1. The van der Waals surface area contributed by atoms with Crippen molar-refractivity contribution in [1.29, 1.82) is 0 Å². The number of aromatic amines is 1. The molecule has 10 heteroatoms. The molecule has 4 aromatic rings. The highest BCUT2D eigenvalue weighted by Gasteiger charge is 2.18. The molecule has 0 fully saturated rings. The number of ether oxygens (including phenoxy) is 1. The number of nitrogens with two attached hydrogens (primary N) is 1. The molecule has 0 aliphatic heterocycles. The Labute approximate surface area is 161 Å². The van der Waals surface area contributed by atoms with Crippen LogP contribution in [-0.2, 0) is 17.1 Å². The van der Waals surface area contributed by atoms with Crippen molar-refractivity contribution in [3.8, 4) is 28.3 Å². The van der Waals surface area contributed by atoms with E-state index in [9.17, 15) is 8.42 Å². The molecule has 0 spiro atoms. The number of aromatic nitrogens is 5. The molecule has 28 heavy (non-hydrogen) atoms. The third-order valence-electron chi connectivity index (χ3n) is 4.23. The smallest absolute Gasteiger partial charge is 0.238 e.